The van der Waals surface area contributed by atoms with Crippen molar-refractivity contribution in [1.29, 1.82) is 0 Å². The van der Waals surface area contributed by atoms with Gasteiger partial charge in [0.15, 0.2) is 0 Å². The molecule has 1 saturated heterocycles. The van der Waals surface area contributed by atoms with Crippen LogP contribution in [0.25, 0.3) is 0 Å². The number of nitrogens with zero attached hydrogens (tertiary/aromatic N) is 3. The number of ether oxygens (including phenoxy) is 1. The molecular formula is C13H18N4O2. The summed E-state index contributed by atoms with van der Waals surface area (Å²) in [7, 11) is 0. The van der Waals surface area contributed by atoms with E-state index < -0.39 is 0 Å². The third kappa shape index (κ3) is 2.54. The third-order valence-electron chi connectivity index (χ3n) is 3.53. The van der Waals surface area contributed by atoms with Crippen LogP contribution in [-0.2, 0) is 11.3 Å². The Balaban J connectivity index is 1.77. The van der Waals surface area contributed by atoms with Crippen molar-refractivity contribution in [3.8, 4) is 0 Å². The average molecular weight is 262 g/mol. The first-order valence-corrected chi connectivity index (χ1v) is 6.48. The van der Waals surface area contributed by atoms with Gasteiger partial charge in [-0.05, 0) is 13.3 Å². The maximum atomic E-state index is 6.31. The topological polar surface area (TPSA) is 79.1 Å². The fraction of sp³-hybridized carbons (Fsp3) is 0.538. The van der Waals surface area contributed by atoms with Gasteiger partial charge < -0.3 is 19.5 Å². The van der Waals surface area contributed by atoms with Crippen LogP contribution in [0.5, 0.6) is 0 Å². The molecule has 6 heteroatoms. The molecule has 2 aromatic rings. The van der Waals surface area contributed by atoms with Crippen LogP contribution in [0.4, 0.5) is 0 Å². The van der Waals surface area contributed by atoms with Crippen molar-refractivity contribution >= 4 is 0 Å². The molecule has 2 unspecified atom stereocenters. The van der Waals surface area contributed by atoms with Crippen molar-refractivity contribution < 1.29 is 9.15 Å². The van der Waals surface area contributed by atoms with Gasteiger partial charge >= 0.3 is 0 Å². The molecule has 3 rings (SSSR count). The Hall–Kier alpha value is -1.66. The van der Waals surface area contributed by atoms with Gasteiger partial charge in [0.25, 0.3) is 0 Å². The molecule has 6 nitrogen and oxygen atoms in total. The molecule has 0 radical (unpaired) electrons. The number of oxazole rings is 1. The summed E-state index contributed by atoms with van der Waals surface area (Å²) in [4.78, 5) is 8.40. The summed E-state index contributed by atoms with van der Waals surface area (Å²) in [6, 6.07) is -0.0546. The van der Waals surface area contributed by atoms with Crippen LogP contribution in [0, 0.1) is 12.8 Å². The second-order valence-corrected chi connectivity index (χ2v) is 4.96. The first-order valence-electron chi connectivity index (χ1n) is 6.48. The van der Waals surface area contributed by atoms with E-state index in [9.17, 15) is 0 Å². The number of aryl methyl sites for hydroxylation is 1. The van der Waals surface area contributed by atoms with Crippen LogP contribution in [0.2, 0.25) is 0 Å². The second-order valence-electron chi connectivity index (χ2n) is 4.96. The quantitative estimate of drug-likeness (QED) is 0.897. The Labute approximate surface area is 111 Å². The van der Waals surface area contributed by atoms with E-state index in [1.54, 1.807) is 12.5 Å². The van der Waals surface area contributed by atoms with Gasteiger partial charge in [0.2, 0.25) is 5.89 Å². The largest absolute Gasteiger partial charge is 0.444 e. The van der Waals surface area contributed by atoms with Crippen molar-refractivity contribution in [2.75, 3.05) is 13.2 Å². The molecule has 0 saturated carbocycles. The predicted molar refractivity (Wildman–Crippen MR) is 68.4 cm³/mol. The molecule has 0 aliphatic carbocycles. The number of hydrogen-bond acceptors (Lipinski definition) is 5. The van der Waals surface area contributed by atoms with E-state index in [4.69, 9.17) is 14.9 Å². The van der Waals surface area contributed by atoms with Crippen molar-refractivity contribution in [2.45, 2.75) is 25.9 Å². The highest BCUT2D eigenvalue weighted by Gasteiger charge is 2.26. The molecule has 0 aromatic carbocycles. The van der Waals surface area contributed by atoms with E-state index >= 15 is 0 Å². The third-order valence-corrected chi connectivity index (χ3v) is 3.53. The SMILES string of the molecule is Cc1cnc(Cn2cncc2C(N)C2CCOC2)o1. The van der Waals surface area contributed by atoms with Crippen LogP contribution in [0.1, 0.15) is 29.8 Å². The lowest BCUT2D eigenvalue weighted by atomic mass is 9.97. The van der Waals surface area contributed by atoms with Crippen LogP contribution in [-0.4, -0.2) is 27.7 Å². The fourth-order valence-corrected chi connectivity index (χ4v) is 2.44. The first-order chi connectivity index (χ1) is 9.24. The summed E-state index contributed by atoms with van der Waals surface area (Å²) in [5.41, 5.74) is 7.32. The van der Waals surface area contributed by atoms with Gasteiger partial charge in [-0.15, -0.1) is 0 Å². The molecule has 2 aromatic heterocycles. The normalized spacial score (nSPS) is 20.8. The standard InChI is InChI=1S/C13H18N4O2/c1-9-4-16-12(19-9)6-17-8-15-5-11(17)13(14)10-2-3-18-7-10/h4-5,8,10,13H,2-3,6-7,14H2,1H3. The summed E-state index contributed by atoms with van der Waals surface area (Å²) in [5, 5.41) is 0. The number of nitrogens with two attached hydrogens (primary N) is 1. The van der Waals surface area contributed by atoms with E-state index in [0.29, 0.717) is 18.4 Å². The molecule has 3 heterocycles. The van der Waals surface area contributed by atoms with Crippen LogP contribution < -0.4 is 5.73 Å². The molecule has 0 bridgehead atoms. The van der Waals surface area contributed by atoms with Gasteiger partial charge in [-0.25, -0.2) is 9.97 Å². The number of aromatic nitrogens is 3. The Bertz CT molecular complexity index is 542. The molecule has 19 heavy (non-hydrogen) atoms. The lowest BCUT2D eigenvalue weighted by molar-refractivity contribution is 0.180. The van der Waals surface area contributed by atoms with E-state index in [1.165, 1.54) is 0 Å². The fourth-order valence-electron chi connectivity index (χ4n) is 2.44. The molecule has 2 N–H and O–H groups in total. The average Bonchev–Trinajstić information content (AvgIpc) is 3.10. The van der Waals surface area contributed by atoms with Gasteiger partial charge in [-0.1, -0.05) is 0 Å². The molecule has 0 amide bonds. The number of rotatable bonds is 4. The zero-order valence-electron chi connectivity index (χ0n) is 11.0. The van der Waals surface area contributed by atoms with E-state index in [2.05, 4.69) is 9.97 Å². The van der Waals surface area contributed by atoms with Crippen molar-refractivity contribution in [1.82, 2.24) is 14.5 Å². The van der Waals surface area contributed by atoms with Crippen LogP contribution >= 0.6 is 0 Å². The highest BCUT2D eigenvalue weighted by Crippen LogP contribution is 2.26. The monoisotopic (exact) mass is 262 g/mol. The molecule has 0 spiro atoms. The van der Waals surface area contributed by atoms with Gasteiger partial charge in [-0.2, -0.15) is 0 Å². The van der Waals surface area contributed by atoms with Crippen LogP contribution in [0.15, 0.2) is 23.1 Å². The highest BCUT2D eigenvalue weighted by molar-refractivity contribution is 5.08. The van der Waals surface area contributed by atoms with Gasteiger partial charge in [-0.3, -0.25) is 0 Å². The lowest BCUT2D eigenvalue weighted by Crippen LogP contribution is -2.24. The maximum absolute atomic E-state index is 6.31. The zero-order valence-corrected chi connectivity index (χ0v) is 11.0. The van der Waals surface area contributed by atoms with E-state index in [0.717, 1.165) is 31.1 Å². The van der Waals surface area contributed by atoms with Crippen molar-refractivity contribution in [3.05, 3.63) is 36.1 Å². The van der Waals surface area contributed by atoms with Gasteiger partial charge in [0, 0.05) is 18.7 Å². The number of hydrogen-bond donors (Lipinski definition) is 1. The highest BCUT2D eigenvalue weighted by atomic mass is 16.5. The second kappa shape index (κ2) is 5.14. The minimum atomic E-state index is -0.0546. The Morgan fingerprint density at radius 3 is 3.11 bits per heavy atom. The summed E-state index contributed by atoms with van der Waals surface area (Å²) in [5.74, 6) is 1.85. The minimum absolute atomic E-state index is 0.0546. The predicted octanol–water partition coefficient (Wildman–Crippen LogP) is 1.26. The molecular weight excluding hydrogens is 244 g/mol. The van der Waals surface area contributed by atoms with Crippen molar-refractivity contribution in [2.24, 2.45) is 11.7 Å². The molecule has 2 atom stereocenters. The zero-order chi connectivity index (χ0) is 13.2. The summed E-state index contributed by atoms with van der Waals surface area (Å²) in [6.45, 7) is 3.97. The maximum Gasteiger partial charge on any atom is 0.214 e. The number of imidazole rings is 1. The Morgan fingerprint density at radius 1 is 1.53 bits per heavy atom. The van der Waals surface area contributed by atoms with E-state index in [1.807, 2.05) is 17.7 Å². The lowest BCUT2D eigenvalue weighted by Gasteiger charge is -2.18. The molecule has 1 fully saturated rings. The Kier molecular flexibility index (Phi) is 3.35. The smallest absolute Gasteiger partial charge is 0.214 e. The van der Waals surface area contributed by atoms with Gasteiger partial charge in [0.05, 0.1) is 30.9 Å². The summed E-state index contributed by atoms with van der Waals surface area (Å²) in [6.07, 6.45) is 6.31. The first kappa shape index (κ1) is 12.4. The van der Waals surface area contributed by atoms with Crippen molar-refractivity contribution in [3.63, 3.8) is 0 Å². The van der Waals surface area contributed by atoms with Crippen LogP contribution in [0.3, 0.4) is 0 Å². The molecule has 102 valence electrons. The van der Waals surface area contributed by atoms with E-state index in [-0.39, 0.29) is 6.04 Å². The summed E-state index contributed by atoms with van der Waals surface area (Å²) < 4.78 is 12.9. The molecule has 1 aliphatic rings. The summed E-state index contributed by atoms with van der Waals surface area (Å²) >= 11 is 0. The Morgan fingerprint density at radius 2 is 2.42 bits per heavy atom. The van der Waals surface area contributed by atoms with Gasteiger partial charge in [0.1, 0.15) is 12.3 Å². The molecule has 1 aliphatic heterocycles. The minimum Gasteiger partial charge on any atom is -0.444 e.